The van der Waals surface area contributed by atoms with Crippen LogP contribution < -0.4 is 16.0 Å². The Kier molecular flexibility index (Phi) is 9.52. The van der Waals surface area contributed by atoms with E-state index in [4.69, 9.17) is 0 Å². The van der Waals surface area contributed by atoms with Gasteiger partial charge in [-0.2, -0.15) is 0 Å². The number of aromatic nitrogens is 5. The summed E-state index contributed by atoms with van der Waals surface area (Å²) in [4.78, 5) is 36.4. The molecule has 13 heteroatoms. The number of hydrogen-bond acceptors (Lipinski definition) is 9. The first kappa shape index (κ1) is 31.0. The van der Waals surface area contributed by atoms with E-state index in [1.165, 1.54) is 31.7 Å². The molecule has 0 bridgehead atoms. The largest absolute Gasteiger partial charge is 0.369 e. The Morgan fingerprint density at radius 3 is 2.52 bits per heavy atom. The van der Waals surface area contributed by atoms with Gasteiger partial charge in [-0.05, 0) is 37.0 Å². The Morgan fingerprint density at radius 2 is 1.84 bits per heavy atom. The highest BCUT2D eigenvalue weighted by atomic mass is 19.3. The number of hydrogen-bond donors (Lipinski definition) is 3. The van der Waals surface area contributed by atoms with Crippen molar-refractivity contribution in [3.63, 3.8) is 0 Å². The monoisotopic (exact) mass is 607 g/mol. The van der Waals surface area contributed by atoms with Crippen molar-refractivity contribution in [3.8, 4) is 11.3 Å². The maximum absolute atomic E-state index is 15.0. The topological polar surface area (TPSA) is 121 Å². The molecule has 0 spiro atoms. The summed E-state index contributed by atoms with van der Waals surface area (Å²) in [6, 6.07) is 6.57. The summed E-state index contributed by atoms with van der Waals surface area (Å²) in [6.07, 6.45) is 6.24. The van der Waals surface area contributed by atoms with Crippen molar-refractivity contribution in [1.29, 1.82) is 0 Å². The fourth-order valence-electron chi connectivity index (χ4n) is 5.52. The maximum atomic E-state index is 15.0. The third-order valence-corrected chi connectivity index (χ3v) is 8.33. The molecule has 3 aromatic heterocycles. The number of anilines is 2. The number of carbonyl (C=O) groups excluding carboxylic acids is 1. The number of nitrogens with zero attached hydrogens (tertiary/aromatic N) is 6. The van der Waals surface area contributed by atoms with E-state index in [0.29, 0.717) is 54.6 Å². The number of alkyl halides is 2. The van der Waals surface area contributed by atoms with Gasteiger partial charge < -0.3 is 16.0 Å². The standard InChI is InChI=1S/C31H36F3N9O/c1-4-31(2,22-5-6-23(32)27-21(29(44)35-3)7-10-36-28(22)27)17-39-26-13-24(40-18-41-26)19-14-37-30(38-15-19)42-20-8-11-43(12-9-20)16-25(33)34/h5-7,10,13-15,18,20,25H,4,8-9,11-12,16-17H2,1-3H3,(H,35,44)(H,37,38,42)(H,39,40,41)/t31-/m0/s1. The van der Waals surface area contributed by atoms with Gasteiger partial charge in [0.25, 0.3) is 12.3 Å². The molecule has 0 radical (unpaired) electrons. The molecule has 0 unspecified atom stereocenters. The lowest BCUT2D eigenvalue weighted by Gasteiger charge is -2.31. The average Bonchev–Trinajstić information content (AvgIpc) is 3.04. The number of piperidine rings is 1. The number of benzene rings is 1. The maximum Gasteiger partial charge on any atom is 0.251 e. The van der Waals surface area contributed by atoms with Crippen LogP contribution in [0.5, 0.6) is 0 Å². The van der Waals surface area contributed by atoms with Crippen LogP contribution in [0.2, 0.25) is 0 Å². The van der Waals surface area contributed by atoms with Gasteiger partial charge in [0.15, 0.2) is 0 Å². The quantitative estimate of drug-likeness (QED) is 0.219. The molecule has 0 saturated carbocycles. The van der Waals surface area contributed by atoms with E-state index in [2.05, 4.69) is 47.8 Å². The molecule has 1 atom stereocenters. The zero-order valence-electron chi connectivity index (χ0n) is 24.9. The second-order valence-corrected chi connectivity index (χ2v) is 11.2. The minimum atomic E-state index is -2.32. The molecule has 4 aromatic rings. The van der Waals surface area contributed by atoms with Gasteiger partial charge in [0.2, 0.25) is 5.95 Å². The number of fused-ring (bicyclic) bond motifs is 1. The molecule has 1 aliphatic heterocycles. The summed E-state index contributed by atoms with van der Waals surface area (Å²) in [6.45, 7) is 5.60. The lowest BCUT2D eigenvalue weighted by Crippen LogP contribution is -2.41. The van der Waals surface area contributed by atoms with Crippen molar-refractivity contribution < 1.29 is 18.0 Å². The van der Waals surface area contributed by atoms with Crippen LogP contribution in [0.4, 0.5) is 24.9 Å². The van der Waals surface area contributed by atoms with Gasteiger partial charge in [-0.25, -0.2) is 33.1 Å². The van der Waals surface area contributed by atoms with Gasteiger partial charge in [-0.1, -0.05) is 19.9 Å². The number of likely N-dealkylation sites (tertiary alicyclic amines) is 1. The minimum Gasteiger partial charge on any atom is -0.369 e. The molecule has 1 saturated heterocycles. The fourth-order valence-corrected chi connectivity index (χ4v) is 5.52. The molecule has 10 nitrogen and oxygen atoms in total. The number of pyridine rings is 1. The minimum absolute atomic E-state index is 0.126. The highest BCUT2D eigenvalue weighted by Crippen LogP contribution is 2.35. The molecule has 1 aromatic carbocycles. The van der Waals surface area contributed by atoms with Crippen LogP contribution in [0.15, 0.2) is 49.2 Å². The molecular formula is C31H36F3N9O. The second kappa shape index (κ2) is 13.5. The van der Waals surface area contributed by atoms with E-state index in [-0.39, 0.29) is 29.4 Å². The van der Waals surface area contributed by atoms with Crippen molar-refractivity contribution in [2.24, 2.45) is 0 Å². The third-order valence-electron chi connectivity index (χ3n) is 8.33. The Morgan fingerprint density at radius 1 is 1.09 bits per heavy atom. The summed E-state index contributed by atoms with van der Waals surface area (Å²) < 4.78 is 40.3. The van der Waals surface area contributed by atoms with E-state index in [1.807, 2.05) is 13.0 Å². The van der Waals surface area contributed by atoms with E-state index in [0.717, 1.165) is 18.4 Å². The Labute approximate surface area is 253 Å². The van der Waals surface area contributed by atoms with Crippen LogP contribution in [-0.4, -0.2) is 81.4 Å². The van der Waals surface area contributed by atoms with Gasteiger partial charge in [0.05, 0.1) is 23.3 Å². The smallest absolute Gasteiger partial charge is 0.251 e. The van der Waals surface area contributed by atoms with Crippen LogP contribution >= 0.6 is 0 Å². The zero-order valence-corrected chi connectivity index (χ0v) is 24.9. The average molecular weight is 608 g/mol. The molecular weight excluding hydrogens is 571 g/mol. The normalized spacial score (nSPS) is 15.7. The highest BCUT2D eigenvalue weighted by Gasteiger charge is 2.29. The van der Waals surface area contributed by atoms with Crippen molar-refractivity contribution in [2.75, 3.05) is 43.9 Å². The molecule has 1 amide bonds. The fraction of sp³-hybridized carbons (Fsp3) is 0.419. The number of rotatable bonds is 11. The Hall–Kier alpha value is -4.39. The lowest BCUT2D eigenvalue weighted by atomic mass is 9.78. The molecule has 232 valence electrons. The van der Waals surface area contributed by atoms with Gasteiger partial charge >= 0.3 is 0 Å². The third kappa shape index (κ3) is 6.88. The van der Waals surface area contributed by atoms with Crippen LogP contribution in [-0.2, 0) is 5.41 Å². The number of halogens is 3. The number of nitrogens with one attached hydrogen (secondary N) is 3. The zero-order chi connectivity index (χ0) is 31.3. The number of carbonyl (C=O) groups is 1. The van der Waals surface area contributed by atoms with Crippen LogP contribution in [0.3, 0.4) is 0 Å². The van der Waals surface area contributed by atoms with Crippen LogP contribution in [0, 0.1) is 5.82 Å². The number of amides is 1. The van der Waals surface area contributed by atoms with Crippen molar-refractivity contribution >= 4 is 28.6 Å². The molecule has 1 fully saturated rings. The van der Waals surface area contributed by atoms with Crippen molar-refractivity contribution in [1.82, 2.24) is 35.1 Å². The molecule has 5 rings (SSSR count). The lowest BCUT2D eigenvalue weighted by molar-refractivity contribution is 0.0769. The SMILES string of the molecule is CC[C@@](C)(CNc1cc(-c2cnc(NC3CCN(CC(F)F)CC3)nc2)ncn1)c1ccc(F)c2c(C(=O)NC)ccnc12. The summed E-state index contributed by atoms with van der Waals surface area (Å²) in [5, 5.41) is 9.47. The first-order valence-corrected chi connectivity index (χ1v) is 14.7. The molecule has 44 heavy (non-hydrogen) atoms. The molecule has 3 N–H and O–H groups in total. The first-order valence-electron chi connectivity index (χ1n) is 14.7. The van der Waals surface area contributed by atoms with Crippen molar-refractivity contribution in [2.45, 2.75) is 51.0 Å². The Bertz CT molecular complexity index is 1600. The second-order valence-electron chi connectivity index (χ2n) is 11.2. The van der Waals surface area contributed by atoms with E-state index in [9.17, 15) is 18.0 Å². The van der Waals surface area contributed by atoms with Crippen LogP contribution in [0.1, 0.15) is 49.0 Å². The summed E-state index contributed by atoms with van der Waals surface area (Å²) in [5.74, 6) is 0.199. The molecule has 4 heterocycles. The van der Waals surface area contributed by atoms with E-state index >= 15 is 0 Å². The van der Waals surface area contributed by atoms with Gasteiger partial charge in [0.1, 0.15) is 18.0 Å². The Balaban J connectivity index is 1.28. The molecule has 1 aliphatic rings. The predicted molar refractivity (Wildman–Crippen MR) is 163 cm³/mol. The highest BCUT2D eigenvalue weighted by molar-refractivity contribution is 6.06. The van der Waals surface area contributed by atoms with Crippen molar-refractivity contribution in [3.05, 3.63) is 66.1 Å². The van der Waals surface area contributed by atoms with Gasteiger partial charge in [-0.15, -0.1) is 0 Å². The van der Waals surface area contributed by atoms with Gasteiger partial charge in [-0.3, -0.25) is 14.7 Å². The summed E-state index contributed by atoms with van der Waals surface area (Å²) in [7, 11) is 1.51. The molecule has 0 aliphatic carbocycles. The van der Waals surface area contributed by atoms with Gasteiger partial charge in [0, 0.05) is 73.7 Å². The first-order chi connectivity index (χ1) is 21.2. The summed E-state index contributed by atoms with van der Waals surface area (Å²) in [5.41, 5.74) is 2.38. The summed E-state index contributed by atoms with van der Waals surface area (Å²) >= 11 is 0. The predicted octanol–water partition coefficient (Wildman–Crippen LogP) is 4.90. The van der Waals surface area contributed by atoms with E-state index in [1.54, 1.807) is 23.4 Å². The van der Waals surface area contributed by atoms with Crippen LogP contribution in [0.25, 0.3) is 22.2 Å². The van der Waals surface area contributed by atoms with E-state index < -0.39 is 17.7 Å².